The monoisotopic (exact) mass is 274 g/mol. The maximum atomic E-state index is 13.8. The predicted molar refractivity (Wildman–Crippen MR) is 72.7 cm³/mol. The highest BCUT2D eigenvalue weighted by Crippen LogP contribution is 2.20. The number of H-pyrrole nitrogens is 1. The Morgan fingerprint density at radius 2 is 2.30 bits per heavy atom. The van der Waals surface area contributed by atoms with Crippen LogP contribution in [0.15, 0.2) is 30.5 Å². The third-order valence-electron chi connectivity index (χ3n) is 3.42. The molecule has 0 unspecified atom stereocenters. The predicted octanol–water partition coefficient (Wildman–Crippen LogP) is 1.31. The first-order chi connectivity index (χ1) is 9.74. The molecular weight excluding hydrogens is 259 g/mol. The van der Waals surface area contributed by atoms with Gasteiger partial charge in [-0.25, -0.2) is 4.39 Å². The minimum absolute atomic E-state index is 0.0593. The molecule has 3 rings (SSSR count). The van der Waals surface area contributed by atoms with Gasteiger partial charge < -0.3 is 10.6 Å². The van der Waals surface area contributed by atoms with Gasteiger partial charge in [0.15, 0.2) is 0 Å². The highest BCUT2D eigenvalue weighted by atomic mass is 19.1. The van der Waals surface area contributed by atoms with Crippen molar-refractivity contribution in [3.8, 4) is 11.3 Å². The molecule has 0 saturated carbocycles. The number of hydrogen-bond donors (Lipinski definition) is 3. The van der Waals surface area contributed by atoms with Gasteiger partial charge in [-0.15, -0.1) is 0 Å². The van der Waals surface area contributed by atoms with Crippen LogP contribution in [0.5, 0.6) is 0 Å². The lowest BCUT2D eigenvalue weighted by Crippen LogP contribution is -2.36. The highest BCUT2D eigenvalue weighted by Gasteiger charge is 2.20. The summed E-state index contributed by atoms with van der Waals surface area (Å²) in [6.07, 6.45) is 2.48. The van der Waals surface area contributed by atoms with E-state index in [4.69, 9.17) is 0 Å². The van der Waals surface area contributed by atoms with E-state index in [0.29, 0.717) is 0 Å². The summed E-state index contributed by atoms with van der Waals surface area (Å²) in [4.78, 5) is 12.1. The number of aromatic nitrogens is 2. The van der Waals surface area contributed by atoms with Crippen LogP contribution in [0.4, 0.5) is 4.39 Å². The molecule has 0 spiro atoms. The topological polar surface area (TPSA) is 69.8 Å². The zero-order chi connectivity index (χ0) is 13.9. The first kappa shape index (κ1) is 12.8. The average Bonchev–Trinajstić information content (AvgIpc) is 3.11. The minimum Gasteiger partial charge on any atom is -0.348 e. The second-order valence-electron chi connectivity index (χ2n) is 4.83. The fraction of sp³-hybridized carbons (Fsp3) is 0.286. The summed E-state index contributed by atoms with van der Waals surface area (Å²) in [5.41, 5.74) is 1.55. The number of nitrogens with zero attached hydrogens (tertiary/aromatic N) is 1. The summed E-state index contributed by atoms with van der Waals surface area (Å²) < 4.78 is 13.8. The minimum atomic E-state index is -0.517. The maximum absolute atomic E-state index is 13.8. The number of carbonyl (C=O) groups is 1. The van der Waals surface area contributed by atoms with E-state index in [2.05, 4.69) is 20.8 Å². The van der Waals surface area contributed by atoms with Gasteiger partial charge in [-0.1, -0.05) is 0 Å². The van der Waals surface area contributed by atoms with Gasteiger partial charge in [0, 0.05) is 24.3 Å². The standard InChI is InChI=1S/C14H15FN4O/c15-12-2-1-9(13-4-6-17-19-13)7-11(12)14(20)18-10-3-5-16-8-10/h1-2,4,6-7,10,16H,3,5,8H2,(H,17,19)(H,18,20)/t10-/m1/s1. The molecule has 1 amide bonds. The zero-order valence-electron chi connectivity index (χ0n) is 10.8. The lowest BCUT2D eigenvalue weighted by Gasteiger charge is -2.12. The van der Waals surface area contributed by atoms with Gasteiger partial charge in [-0.05, 0) is 37.2 Å². The molecule has 1 aromatic carbocycles. The van der Waals surface area contributed by atoms with Crippen LogP contribution >= 0.6 is 0 Å². The van der Waals surface area contributed by atoms with E-state index >= 15 is 0 Å². The molecule has 1 atom stereocenters. The molecule has 0 bridgehead atoms. The molecule has 104 valence electrons. The Bertz CT molecular complexity index is 606. The van der Waals surface area contributed by atoms with E-state index in [9.17, 15) is 9.18 Å². The first-order valence-electron chi connectivity index (χ1n) is 6.55. The van der Waals surface area contributed by atoms with Crippen molar-refractivity contribution in [1.29, 1.82) is 0 Å². The number of halogens is 1. The van der Waals surface area contributed by atoms with Crippen LogP contribution < -0.4 is 10.6 Å². The quantitative estimate of drug-likeness (QED) is 0.790. The van der Waals surface area contributed by atoms with Crippen molar-refractivity contribution in [3.63, 3.8) is 0 Å². The molecule has 0 aliphatic carbocycles. The van der Waals surface area contributed by atoms with Crippen LogP contribution in [0.25, 0.3) is 11.3 Å². The molecule has 2 heterocycles. The van der Waals surface area contributed by atoms with Gasteiger partial charge in [-0.3, -0.25) is 9.89 Å². The van der Waals surface area contributed by atoms with Crippen molar-refractivity contribution in [2.24, 2.45) is 0 Å². The van der Waals surface area contributed by atoms with E-state index < -0.39 is 5.82 Å². The largest absolute Gasteiger partial charge is 0.348 e. The molecule has 6 heteroatoms. The molecule has 5 nitrogen and oxygen atoms in total. The van der Waals surface area contributed by atoms with E-state index in [1.807, 2.05) is 0 Å². The molecular formula is C14H15FN4O. The Balaban J connectivity index is 1.84. The number of nitrogens with one attached hydrogen (secondary N) is 3. The molecule has 1 aliphatic heterocycles. The normalized spacial score (nSPS) is 18.1. The Kier molecular flexibility index (Phi) is 3.47. The lowest BCUT2D eigenvalue weighted by atomic mass is 10.1. The van der Waals surface area contributed by atoms with E-state index in [0.717, 1.165) is 30.8 Å². The fourth-order valence-corrected chi connectivity index (χ4v) is 2.32. The summed E-state index contributed by atoms with van der Waals surface area (Å²) >= 11 is 0. The van der Waals surface area contributed by atoms with Gasteiger partial charge >= 0.3 is 0 Å². The summed E-state index contributed by atoms with van der Waals surface area (Å²) in [5, 5.41) is 12.6. The van der Waals surface area contributed by atoms with Crippen LogP contribution in [0, 0.1) is 5.82 Å². The Morgan fingerprint density at radius 3 is 3.00 bits per heavy atom. The third kappa shape index (κ3) is 2.55. The van der Waals surface area contributed by atoms with Crippen molar-refractivity contribution in [1.82, 2.24) is 20.8 Å². The number of benzene rings is 1. The summed E-state index contributed by atoms with van der Waals surface area (Å²) in [6.45, 7) is 1.61. The Morgan fingerprint density at radius 1 is 1.40 bits per heavy atom. The van der Waals surface area contributed by atoms with Gasteiger partial charge in [0.1, 0.15) is 5.82 Å². The Hall–Kier alpha value is -2.21. The van der Waals surface area contributed by atoms with Crippen molar-refractivity contribution in [2.75, 3.05) is 13.1 Å². The number of amides is 1. The van der Waals surface area contributed by atoms with Gasteiger partial charge in [0.25, 0.3) is 5.91 Å². The lowest BCUT2D eigenvalue weighted by molar-refractivity contribution is 0.0936. The number of hydrogen-bond acceptors (Lipinski definition) is 3. The van der Waals surface area contributed by atoms with Crippen LogP contribution in [-0.4, -0.2) is 35.2 Å². The Labute approximate surface area is 115 Å². The van der Waals surface area contributed by atoms with Crippen molar-refractivity contribution >= 4 is 5.91 Å². The molecule has 1 fully saturated rings. The van der Waals surface area contributed by atoms with Crippen LogP contribution in [0.3, 0.4) is 0 Å². The number of aromatic amines is 1. The summed E-state index contributed by atoms with van der Waals surface area (Å²) in [7, 11) is 0. The summed E-state index contributed by atoms with van der Waals surface area (Å²) in [6, 6.07) is 6.31. The second kappa shape index (κ2) is 5.42. The SMILES string of the molecule is O=C(N[C@@H]1CCNC1)c1cc(-c2ccn[nH]2)ccc1F. The van der Waals surface area contributed by atoms with Crippen LogP contribution in [0.1, 0.15) is 16.8 Å². The van der Waals surface area contributed by atoms with E-state index in [1.54, 1.807) is 24.4 Å². The van der Waals surface area contributed by atoms with Gasteiger partial charge in [-0.2, -0.15) is 5.10 Å². The molecule has 0 radical (unpaired) electrons. The number of carbonyl (C=O) groups excluding carboxylic acids is 1. The van der Waals surface area contributed by atoms with Crippen molar-refractivity contribution in [2.45, 2.75) is 12.5 Å². The van der Waals surface area contributed by atoms with Crippen molar-refractivity contribution < 1.29 is 9.18 Å². The smallest absolute Gasteiger partial charge is 0.254 e. The van der Waals surface area contributed by atoms with Crippen LogP contribution in [-0.2, 0) is 0 Å². The molecule has 20 heavy (non-hydrogen) atoms. The van der Waals surface area contributed by atoms with E-state index in [-0.39, 0.29) is 17.5 Å². The number of rotatable bonds is 3. The fourth-order valence-electron chi connectivity index (χ4n) is 2.32. The molecule has 2 aromatic rings. The van der Waals surface area contributed by atoms with Crippen molar-refractivity contribution in [3.05, 3.63) is 41.8 Å². The third-order valence-corrected chi connectivity index (χ3v) is 3.42. The second-order valence-corrected chi connectivity index (χ2v) is 4.83. The van der Waals surface area contributed by atoms with Gasteiger partial charge in [0.2, 0.25) is 0 Å². The van der Waals surface area contributed by atoms with Gasteiger partial charge in [0.05, 0.1) is 11.3 Å². The van der Waals surface area contributed by atoms with Crippen LogP contribution in [0.2, 0.25) is 0 Å². The van der Waals surface area contributed by atoms with E-state index in [1.165, 1.54) is 6.07 Å². The molecule has 3 N–H and O–H groups in total. The maximum Gasteiger partial charge on any atom is 0.254 e. The molecule has 1 saturated heterocycles. The average molecular weight is 274 g/mol. The highest BCUT2D eigenvalue weighted by molar-refractivity contribution is 5.95. The molecule has 1 aliphatic rings. The summed E-state index contributed by atoms with van der Waals surface area (Å²) in [5.74, 6) is -0.894. The zero-order valence-corrected chi connectivity index (χ0v) is 10.8. The molecule has 1 aromatic heterocycles. The first-order valence-corrected chi connectivity index (χ1v) is 6.55.